The van der Waals surface area contributed by atoms with E-state index < -0.39 is 10.0 Å². The zero-order chi connectivity index (χ0) is 19.3. The lowest BCUT2D eigenvalue weighted by atomic mass is 9.97. The van der Waals surface area contributed by atoms with Crippen molar-refractivity contribution in [2.45, 2.75) is 46.1 Å². The molecule has 0 radical (unpaired) electrons. The molecule has 1 saturated heterocycles. The molecule has 0 aromatic heterocycles. The summed E-state index contributed by atoms with van der Waals surface area (Å²) in [5.41, 5.74) is 2.02. The summed E-state index contributed by atoms with van der Waals surface area (Å²) >= 11 is 0. The molecule has 0 bridgehead atoms. The van der Waals surface area contributed by atoms with E-state index in [1.54, 1.807) is 7.11 Å². The summed E-state index contributed by atoms with van der Waals surface area (Å²) < 4.78 is 31.5. The Labute approximate surface area is 157 Å². The van der Waals surface area contributed by atoms with Crippen LogP contribution in [0.2, 0.25) is 0 Å². The average molecular weight is 383 g/mol. The first kappa shape index (κ1) is 20.7. The molecule has 0 spiro atoms. The number of benzene rings is 1. The second-order valence-corrected chi connectivity index (χ2v) is 9.08. The molecule has 1 aliphatic heterocycles. The topological polar surface area (TPSA) is 75.7 Å². The largest absolute Gasteiger partial charge is 0.496 e. The van der Waals surface area contributed by atoms with Crippen molar-refractivity contribution < 1.29 is 17.9 Å². The Balaban J connectivity index is 2.06. The lowest BCUT2D eigenvalue weighted by Crippen LogP contribution is -2.46. The zero-order valence-electron chi connectivity index (χ0n) is 16.1. The van der Waals surface area contributed by atoms with E-state index in [2.05, 4.69) is 5.32 Å². The number of nitrogens with one attached hydrogen (secondary N) is 1. The molecule has 1 fully saturated rings. The van der Waals surface area contributed by atoms with Gasteiger partial charge >= 0.3 is 0 Å². The molecule has 1 amide bonds. The molecular formula is C19H30N2O4S. The molecule has 1 aromatic rings. The van der Waals surface area contributed by atoms with Gasteiger partial charge in [0.1, 0.15) is 5.75 Å². The number of aryl methyl sites for hydroxylation is 1. The number of carbonyl (C=O) groups excluding carboxylic acids is 1. The van der Waals surface area contributed by atoms with Gasteiger partial charge in [-0.3, -0.25) is 4.79 Å². The monoisotopic (exact) mass is 382 g/mol. The summed E-state index contributed by atoms with van der Waals surface area (Å²) in [4.78, 5) is 12.7. The average Bonchev–Trinajstić information content (AvgIpc) is 2.61. The van der Waals surface area contributed by atoms with Crippen molar-refractivity contribution in [3.8, 4) is 5.75 Å². The number of sulfonamides is 1. The van der Waals surface area contributed by atoms with Crippen LogP contribution in [0, 0.1) is 12.8 Å². The van der Waals surface area contributed by atoms with E-state index >= 15 is 0 Å². The van der Waals surface area contributed by atoms with Gasteiger partial charge in [-0.15, -0.1) is 0 Å². The Morgan fingerprint density at radius 2 is 2.15 bits per heavy atom. The van der Waals surface area contributed by atoms with Gasteiger partial charge in [-0.1, -0.05) is 24.6 Å². The van der Waals surface area contributed by atoms with Crippen LogP contribution in [-0.4, -0.2) is 44.6 Å². The standard InChI is InChI=1S/C19H30N2O4S/c1-5-11-26(23,24)21-10-6-7-16(13-21)19(22)20-15(3)17-12-14(2)8-9-18(17)25-4/h8-9,12,15-16H,5-7,10-11,13H2,1-4H3,(H,20,22). The highest BCUT2D eigenvalue weighted by atomic mass is 32.2. The van der Waals surface area contributed by atoms with Crippen LogP contribution in [0.3, 0.4) is 0 Å². The summed E-state index contributed by atoms with van der Waals surface area (Å²) in [5.74, 6) is 0.461. The van der Waals surface area contributed by atoms with Gasteiger partial charge in [0.05, 0.1) is 24.8 Å². The summed E-state index contributed by atoms with van der Waals surface area (Å²) in [6, 6.07) is 5.66. The number of hydrogen-bond donors (Lipinski definition) is 1. The van der Waals surface area contributed by atoms with Crippen LogP contribution in [0.4, 0.5) is 0 Å². The Morgan fingerprint density at radius 1 is 1.42 bits per heavy atom. The minimum atomic E-state index is -3.26. The van der Waals surface area contributed by atoms with Gasteiger partial charge < -0.3 is 10.1 Å². The van der Waals surface area contributed by atoms with Crippen molar-refractivity contribution in [1.82, 2.24) is 9.62 Å². The van der Waals surface area contributed by atoms with E-state index in [0.29, 0.717) is 25.8 Å². The summed E-state index contributed by atoms with van der Waals surface area (Å²) in [5, 5.41) is 3.03. The first-order chi connectivity index (χ1) is 12.3. The van der Waals surface area contributed by atoms with E-state index in [4.69, 9.17) is 4.74 Å². The number of ether oxygens (including phenoxy) is 1. The highest BCUT2D eigenvalue weighted by Crippen LogP contribution is 2.27. The Morgan fingerprint density at radius 3 is 2.81 bits per heavy atom. The Kier molecular flexibility index (Phi) is 7.06. The van der Waals surface area contributed by atoms with Crippen molar-refractivity contribution >= 4 is 15.9 Å². The highest BCUT2D eigenvalue weighted by Gasteiger charge is 2.32. The van der Waals surface area contributed by atoms with Crippen LogP contribution in [0.1, 0.15) is 50.3 Å². The lowest BCUT2D eigenvalue weighted by Gasteiger charge is -2.32. The number of carbonyl (C=O) groups is 1. The van der Waals surface area contributed by atoms with Gasteiger partial charge in [0.2, 0.25) is 15.9 Å². The van der Waals surface area contributed by atoms with Gasteiger partial charge in [0, 0.05) is 18.7 Å². The summed E-state index contributed by atoms with van der Waals surface area (Å²) in [6.45, 7) is 6.54. The molecule has 6 nitrogen and oxygen atoms in total. The molecular weight excluding hydrogens is 352 g/mol. The molecule has 0 saturated carbocycles. The third-order valence-electron chi connectivity index (χ3n) is 4.82. The van der Waals surface area contributed by atoms with E-state index in [1.807, 2.05) is 39.0 Å². The van der Waals surface area contributed by atoms with Crippen molar-refractivity contribution in [3.05, 3.63) is 29.3 Å². The molecule has 2 unspecified atom stereocenters. The molecule has 1 N–H and O–H groups in total. The van der Waals surface area contributed by atoms with Gasteiger partial charge in [-0.25, -0.2) is 12.7 Å². The second kappa shape index (κ2) is 8.86. The predicted molar refractivity (Wildman–Crippen MR) is 103 cm³/mol. The molecule has 1 aliphatic rings. The molecule has 146 valence electrons. The fourth-order valence-electron chi connectivity index (χ4n) is 3.40. The summed E-state index contributed by atoms with van der Waals surface area (Å²) in [6.07, 6.45) is 2.00. The van der Waals surface area contributed by atoms with Crippen molar-refractivity contribution in [1.29, 1.82) is 0 Å². The maximum Gasteiger partial charge on any atom is 0.224 e. The molecule has 7 heteroatoms. The third-order valence-corrected chi connectivity index (χ3v) is 6.86. The number of piperidine rings is 1. The van der Waals surface area contributed by atoms with Gasteiger partial charge in [-0.2, -0.15) is 0 Å². The van der Waals surface area contributed by atoms with Crippen LogP contribution in [0.5, 0.6) is 5.75 Å². The normalized spacial score (nSPS) is 19.8. The number of methoxy groups -OCH3 is 1. The van der Waals surface area contributed by atoms with Crippen molar-refractivity contribution in [3.63, 3.8) is 0 Å². The molecule has 26 heavy (non-hydrogen) atoms. The fourth-order valence-corrected chi connectivity index (χ4v) is 4.99. The highest BCUT2D eigenvalue weighted by molar-refractivity contribution is 7.89. The quantitative estimate of drug-likeness (QED) is 0.787. The Hall–Kier alpha value is -1.60. The second-order valence-electron chi connectivity index (χ2n) is 6.99. The SMILES string of the molecule is CCCS(=O)(=O)N1CCCC(C(=O)NC(C)c2cc(C)ccc2OC)C1. The van der Waals surface area contributed by atoms with E-state index in [0.717, 1.165) is 16.9 Å². The third kappa shape index (κ3) is 4.98. The maximum absolute atomic E-state index is 12.7. The van der Waals surface area contributed by atoms with E-state index in [-0.39, 0.29) is 30.2 Å². The minimum Gasteiger partial charge on any atom is -0.496 e. The minimum absolute atomic E-state index is 0.0996. The zero-order valence-corrected chi connectivity index (χ0v) is 16.9. The Bertz CT molecular complexity index is 733. The first-order valence-corrected chi connectivity index (χ1v) is 10.8. The van der Waals surface area contributed by atoms with Gasteiger partial charge in [-0.05, 0) is 39.2 Å². The van der Waals surface area contributed by atoms with Crippen molar-refractivity contribution in [2.24, 2.45) is 5.92 Å². The number of rotatable bonds is 7. The van der Waals surface area contributed by atoms with Crippen LogP contribution < -0.4 is 10.1 Å². The van der Waals surface area contributed by atoms with Gasteiger partial charge in [0.25, 0.3) is 0 Å². The van der Waals surface area contributed by atoms with Crippen LogP contribution >= 0.6 is 0 Å². The van der Waals surface area contributed by atoms with Crippen molar-refractivity contribution in [2.75, 3.05) is 26.0 Å². The number of hydrogen-bond acceptors (Lipinski definition) is 4. The number of amides is 1. The smallest absolute Gasteiger partial charge is 0.224 e. The van der Waals surface area contributed by atoms with Crippen LogP contribution in [0.15, 0.2) is 18.2 Å². The first-order valence-electron chi connectivity index (χ1n) is 9.21. The maximum atomic E-state index is 12.7. The number of nitrogens with zero attached hydrogens (tertiary/aromatic N) is 1. The summed E-state index contributed by atoms with van der Waals surface area (Å²) in [7, 11) is -1.65. The van der Waals surface area contributed by atoms with Crippen LogP contribution in [-0.2, 0) is 14.8 Å². The molecule has 2 rings (SSSR count). The molecule has 1 heterocycles. The van der Waals surface area contributed by atoms with Crippen LogP contribution in [0.25, 0.3) is 0 Å². The van der Waals surface area contributed by atoms with E-state index in [9.17, 15) is 13.2 Å². The predicted octanol–water partition coefficient (Wildman–Crippen LogP) is 2.63. The molecule has 0 aliphatic carbocycles. The fraction of sp³-hybridized carbons (Fsp3) is 0.632. The van der Waals surface area contributed by atoms with Gasteiger partial charge in [0.15, 0.2) is 0 Å². The molecule has 1 aromatic carbocycles. The molecule has 2 atom stereocenters. The lowest BCUT2D eigenvalue weighted by molar-refractivity contribution is -0.126. The van der Waals surface area contributed by atoms with E-state index in [1.165, 1.54) is 4.31 Å².